The quantitative estimate of drug-likeness (QED) is 0.854. The molecule has 3 nitrogen and oxygen atoms in total. The van der Waals surface area contributed by atoms with Crippen molar-refractivity contribution in [3.05, 3.63) is 45.9 Å². The zero-order valence-electron chi connectivity index (χ0n) is 10.4. The van der Waals surface area contributed by atoms with E-state index >= 15 is 0 Å². The molecule has 0 N–H and O–H groups in total. The lowest BCUT2D eigenvalue weighted by atomic mass is 10.1. The van der Waals surface area contributed by atoms with E-state index in [0.29, 0.717) is 10.0 Å². The predicted octanol–water partition coefficient (Wildman–Crippen LogP) is 3.93. The standard InChI is InChI=1S/C12H11ClF3N3S/c1-19(7-9-11(13)20-18-17-9)10(12(14,15)16)8-5-3-2-4-6-8/h2-6,10H,7H2,1H3/t10-/m0/s1. The predicted molar refractivity (Wildman–Crippen MR) is 71.6 cm³/mol. The highest BCUT2D eigenvalue weighted by molar-refractivity contribution is 7.10. The Balaban J connectivity index is 2.26. The van der Waals surface area contributed by atoms with Crippen LogP contribution in [0.2, 0.25) is 4.34 Å². The van der Waals surface area contributed by atoms with Gasteiger partial charge in [0.05, 0.1) is 0 Å². The van der Waals surface area contributed by atoms with Crippen LogP contribution >= 0.6 is 23.1 Å². The number of aromatic nitrogens is 2. The number of hydrogen-bond donors (Lipinski definition) is 0. The number of nitrogens with zero attached hydrogens (tertiary/aromatic N) is 3. The summed E-state index contributed by atoms with van der Waals surface area (Å²) in [6, 6.07) is 6.04. The van der Waals surface area contributed by atoms with E-state index in [1.54, 1.807) is 18.2 Å². The van der Waals surface area contributed by atoms with E-state index in [2.05, 4.69) is 9.59 Å². The van der Waals surface area contributed by atoms with Gasteiger partial charge in [-0.25, -0.2) is 0 Å². The monoisotopic (exact) mass is 321 g/mol. The molecule has 0 radical (unpaired) electrons. The van der Waals surface area contributed by atoms with Crippen molar-refractivity contribution in [2.75, 3.05) is 7.05 Å². The van der Waals surface area contributed by atoms with Crippen molar-refractivity contribution < 1.29 is 13.2 Å². The third-order valence-electron chi connectivity index (χ3n) is 2.77. The number of alkyl halides is 3. The van der Waals surface area contributed by atoms with Gasteiger partial charge in [-0.15, -0.1) is 5.10 Å². The van der Waals surface area contributed by atoms with Crippen molar-refractivity contribution in [2.24, 2.45) is 0 Å². The van der Waals surface area contributed by atoms with Gasteiger partial charge in [-0.1, -0.05) is 46.4 Å². The number of benzene rings is 1. The molecule has 2 aromatic rings. The van der Waals surface area contributed by atoms with Crippen LogP contribution in [0.5, 0.6) is 0 Å². The van der Waals surface area contributed by atoms with Crippen LogP contribution < -0.4 is 0 Å². The van der Waals surface area contributed by atoms with Gasteiger partial charge in [-0.2, -0.15) is 13.2 Å². The lowest BCUT2D eigenvalue weighted by molar-refractivity contribution is -0.184. The fourth-order valence-corrected chi connectivity index (χ4v) is 2.56. The van der Waals surface area contributed by atoms with Crippen molar-refractivity contribution in [2.45, 2.75) is 18.8 Å². The first-order valence-electron chi connectivity index (χ1n) is 5.68. The summed E-state index contributed by atoms with van der Waals surface area (Å²) in [7, 11) is 1.39. The fourth-order valence-electron chi connectivity index (χ4n) is 1.95. The first-order chi connectivity index (χ1) is 9.39. The molecule has 1 atom stereocenters. The van der Waals surface area contributed by atoms with Crippen LogP contribution in [-0.4, -0.2) is 27.7 Å². The molecule has 0 saturated heterocycles. The van der Waals surface area contributed by atoms with Crippen molar-refractivity contribution in [1.82, 2.24) is 14.5 Å². The molecule has 0 fully saturated rings. The molecular weight excluding hydrogens is 311 g/mol. The van der Waals surface area contributed by atoms with Gasteiger partial charge in [0, 0.05) is 18.1 Å². The minimum atomic E-state index is -4.38. The maximum atomic E-state index is 13.3. The minimum Gasteiger partial charge on any atom is -0.286 e. The van der Waals surface area contributed by atoms with Crippen LogP contribution in [0, 0.1) is 0 Å². The topological polar surface area (TPSA) is 29.0 Å². The summed E-state index contributed by atoms with van der Waals surface area (Å²) in [5.41, 5.74) is 0.533. The number of rotatable bonds is 4. The van der Waals surface area contributed by atoms with Crippen molar-refractivity contribution >= 4 is 23.1 Å². The second-order valence-corrected chi connectivity index (χ2v) is 5.62. The Morgan fingerprint density at radius 1 is 1.30 bits per heavy atom. The zero-order valence-corrected chi connectivity index (χ0v) is 12.0. The molecule has 1 heterocycles. The second-order valence-electron chi connectivity index (χ2n) is 4.26. The zero-order chi connectivity index (χ0) is 14.8. The first-order valence-corrected chi connectivity index (χ1v) is 6.83. The van der Waals surface area contributed by atoms with Crippen LogP contribution in [0.1, 0.15) is 17.3 Å². The highest BCUT2D eigenvalue weighted by atomic mass is 35.5. The van der Waals surface area contributed by atoms with Crippen LogP contribution in [0.15, 0.2) is 30.3 Å². The van der Waals surface area contributed by atoms with Crippen molar-refractivity contribution in [3.8, 4) is 0 Å². The average molecular weight is 322 g/mol. The van der Waals surface area contributed by atoms with E-state index in [1.807, 2.05) is 0 Å². The molecule has 108 valence electrons. The Kier molecular flexibility index (Phi) is 4.62. The van der Waals surface area contributed by atoms with Gasteiger partial charge in [0.2, 0.25) is 0 Å². The molecule has 0 bridgehead atoms. The molecule has 1 aromatic carbocycles. The first kappa shape index (κ1) is 15.2. The van der Waals surface area contributed by atoms with Crippen LogP contribution in [0.3, 0.4) is 0 Å². The Morgan fingerprint density at radius 3 is 2.45 bits per heavy atom. The highest BCUT2D eigenvalue weighted by Gasteiger charge is 2.43. The van der Waals surface area contributed by atoms with Gasteiger partial charge in [0.1, 0.15) is 16.1 Å². The van der Waals surface area contributed by atoms with E-state index in [1.165, 1.54) is 19.2 Å². The van der Waals surface area contributed by atoms with E-state index in [-0.39, 0.29) is 12.1 Å². The van der Waals surface area contributed by atoms with E-state index < -0.39 is 12.2 Å². The van der Waals surface area contributed by atoms with Gasteiger partial charge in [-0.3, -0.25) is 4.90 Å². The lowest BCUT2D eigenvalue weighted by Gasteiger charge is -2.29. The Labute approximate surface area is 123 Å². The third-order valence-corrected chi connectivity index (χ3v) is 3.76. The molecule has 0 saturated carbocycles. The molecule has 0 aliphatic rings. The van der Waals surface area contributed by atoms with Gasteiger partial charge in [0.15, 0.2) is 0 Å². The van der Waals surface area contributed by atoms with Crippen LogP contribution in [0.25, 0.3) is 0 Å². The summed E-state index contributed by atoms with van der Waals surface area (Å²) in [6.45, 7) is -0.0194. The smallest absolute Gasteiger partial charge is 0.286 e. The van der Waals surface area contributed by atoms with E-state index in [4.69, 9.17) is 11.6 Å². The molecule has 8 heteroatoms. The Hall–Kier alpha value is -1.18. The molecule has 0 aliphatic heterocycles. The number of hydrogen-bond acceptors (Lipinski definition) is 4. The summed E-state index contributed by atoms with van der Waals surface area (Å²) < 4.78 is 43.8. The summed E-state index contributed by atoms with van der Waals surface area (Å²) in [5.74, 6) is 0. The third kappa shape index (κ3) is 3.47. The Bertz CT molecular complexity index is 559. The second kappa shape index (κ2) is 6.07. The maximum Gasteiger partial charge on any atom is 0.408 e. The molecule has 2 rings (SSSR count). The largest absolute Gasteiger partial charge is 0.408 e. The van der Waals surface area contributed by atoms with E-state index in [9.17, 15) is 13.2 Å². The van der Waals surface area contributed by atoms with Gasteiger partial charge in [-0.05, 0) is 12.6 Å². The summed E-state index contributed by atoms with van der Waals surface area (Å²) >= 11 is 6.79. The summed E-state index contributed by atoms with van der Waals surface area (Å²) in [5, 5.41) is 3.74. The molecule has 20 heavy (non-hydrogen) atoms. The van der Waals surface area contributed by atoms with E-state index in [0.717, 1.165) is 16.4 Å². The van der Waals surface area contributed by atoms with Crippen molar-refractivity contribution in [3.63, 3.8) is 0 Å². The molecule has 0 aliphatic carbocycles. The van der Waals surface area contributed by atoms with Gasteiger partial charge >= 0.3 is 6.18 Å². The van der Waals surface area contributed by atoms with Gasteiger partial charge in [0.25, 0.3) is 0 Å². The fraction of sp³-hybridized carbons (Fsp3) is 0.333. The summed E-state index contributed by atoms with van der Waals surface area (Å²) in [4.78, 5) is 1.16. The molecular formula is C12H11ClF3N3S. The van der Waals surface area contributed by atoms with Crippen LogP contribution in [0.4, 0.5) is 13.2 Å². The minimum absolute atomic E-state index is 0.0194. The number of halogens is 4. The average Bonchev–Trinajstić information content (AvgIpc) is 2.74. The highest BCUT2D eigenvalue weighted by Crippen LogP contribution is 2.37. The molecule has 0 amide bonds. The molecule has 0 spiro atoms. The lowest BCUT2D eigenvalue weighted by Crippen LogP contribution is -2.35. The normalized spacial score (nSPS) is 13.7. The summed E-state index contributed by atoms with van der Waals surface area (Å²) in [6.07, 6.45) is -4.38. The van der Waals surface area contributed by atoms with Crippen molar-refractivity contribution in [1.29, 1.82) is 0 Å². The Morgan fingerprint density at radius 2 is 1.95 bits per heavy atom. The SMILES string of the molecule is CN(Cc1nnsc1Cl)[C@@H](c1ccccc1)C(F)(F)F. The molecule has 1 aromatic heterocycles. The molecule has 0 unspecified atom stereocenters. The maximum absolute atomic E-state index is 13.3. The van der Waals surface area contributed by atoms with Crippen LogP contribution in [-0.2, 0) is 6.54 Å². The van der Waals surface area contributed by atoms with Gasteiger partial charge < -0.3 is 0 Å².